The summed E-state index contributed by atoms with van der Waals surface area (Å²) in [5.41, 5.74) is 6.67. The van der Waals surface area contributed by atoms with E-state index >= 15 is 0 Å². The number of phenolic OH excluding ortho intramolecular Hbond substituents is 1. The SMILES string of the molecule is COc1cc(O)c(C(=O)c2ccc(C)cc2)cc1S(=O)(=O)NC(C)CCN. The van der Waals surface area contributed by atoms with Crippen LogP contribution in [0.15, 0.2) is 41.3 Å². The lowest BCUT2D eigenvalue weighted by molar-refractivity contribution is 0.103. The fourth-order valence-electron chi connectivity index (χ4n) is 2.60. The zero-order valence-corrected chi connectivity index (χ0v) is 16.3. The van der Waals surface area contributed by atoms with Gasteiger partial charge in [-0.1, -0.05) is 29.8 Å². The molecule has 0 bridgehead atoms. The van der Waals surface area contributed by atoms with Gasteiger partial charge in [0.1, 0.15) is 16.4 Å². The van der Waals surface area contributed by atoms with Crippen molar-refractivity contribution >= 4 is 15.8 Å². The predicted octanol–water partition coefficient (Wildman–Crippen LogP) is 1.96. The van der Waals surface area contributed by atoms with Crippen LogP contribution < -0.4 is 15.2 Å². The average Bonchev–Trinajstić information content (AvgIpc) is 2.61. The van der Waals surface area contributed by atoms with Crippen molar-refractivity contribution in [3.63, 3.8) is 0 Å². The molecule has 0 spiro atoms. The number of methoxy groups -OCH3 is 1. The van der Waals surface area contributed by atoms with Crippen molar-refractivity contribution in [2.24, 2.45) is 5.73 Å². The molecular weight excluding hydrogens is 368 g/mol. The molecule has 27 heavy (non-hydrogen) atoms. The molecule has 0 fully saturated rings. The molecule has 0 radical (unpaired) electrons. The highest BCUT2D eigenvalue weighted by molar-refractivity contribution is 7.89. The van der Waals surface area contributed by atoms with Crippen LogP contribution in [0.2, 0.25) is 0 Å². The van der Waals surface area contributed by atoms with Gasteiger partial charge in [0.15, 0.2) is 5.78 Å². The molecule has 1 atom stereocenters. The summed E-state index contributed by atoms with van der Waals surface area (Å²) in [5, 5.41) is 10.2. The van der Waals surface area contributed by atoms with Crippen LogP contribution in [0.1, 0.15) is 34.8 Å². The van der Waals surface area contributed by atoms with Gasteiger partial charge in [-0.25, -0.2) is 13.1 Å². The van der Waals surface area contributed by atoms with Gasteiger partial charge < -0.3 is 15.6 Å². The van der Waals surface area contributed by atoms with Crippen molar-refractivity contribution in [3.8, 4) is 11.5 Å². The van der Waals surface area contributed by atoms with E-state index in [1.54, 1.807) is 31.2 Å². The van der Waals surface area contributed by atoms with Gasteiger partial charge >= 0.3 is 0 Å². The quantitative estimate of drug-likeness (QED) is 0.591. The molecule has 0 saturated carbocycles. The topological polar surface area (TPSA) is 119 Å². The molecule has 8 heteroatoms. The molecule has 146 valence electrons. The van der Waals surface area contributed by atoms with Crippen molar-refractivity contribution in [1.82, 2.24) is 4.72 Å². The van der Waals surface area contributed by atoms with Crippen LogP contribution in [0.4, 0.5) is 0 Å². The maximum atomic E-state index is 12.7. The lowest BCUT2D eigenvalue weighted by Crippen LogP contribution is -2.34. The summed E-state index contributed by atoms with van der Waals surface area (Å²) in [5.74, 6) is -0.895. The number of ether oxygens (including phenoxy) is 1. The summed E-state index contributed by atoms with van der Waals surface area (Å²) in [4.78, 5) is 12.5. The summed E-state index contributed by atoms with van der Waals surface area (Å²) in [6.07, 6.45) is 0.453. The van der Waals surface area contributed by atoms with Crippen molar-refractivity contribution in [3.05, 3.63) is 53.1 Å². The number of hydrogen-bond donors (Lipinski definition) is 3. The highest BCUT2D eigenvalue weighted by atomic mass is 32.2. The Bertz CT molecular complexity index is 924. The molecule has 2 aromatic rings. The standard InChI is InChI=1S/C19H24N2O5S/c1-12-4-6-14(7-5-12)19(23)15-10-18(17(26-3)11-16(15)22)27(24,25)21-13(2)8-9-20/h4-7,10-11,13,21-22H,8-9,20H2,1-3H3. The number of phenols is 1. The van der Waals surface area contributed by atoms with Crippen LogP contribution >= 0.6 is 0 Å². The zero-order chi connectivity index (χ0) is 20.2. The number of rotatable bonds is 8. The number of nitrogens with one attached hydrogen (secondary N) is 1. The van der Waals surface area contributed by atoms with Crippen LogP contribution in [0.3, 0.4) is 0 Å². The largest absolute Gasteiger partial charge is 0.507 e. The molecule has 0 aliphatic heterocycles. The van der Waals surface area contributed by atoms with E-state index in [9.17, 15) is 18.3 Å². The Hall–Kier alpha value is -2.42. The summed E-state index contributed by atoms with van der Waals surface area (Å²) in [7, 11) is -2.69. The Balaban J connectivity index is 2.51. The zero-order valence-electron chi connectivity index (χ0n) is 15.5. The first-order valence-electron chi connectivity index (χ1n) is 8.44. The average molecular weight is 392 g/mol. The first-order chi connectivity index (χ1) is 12.7. The Morgan fingerprint density at radius 2 is 1.89 bits per heavy atom. The van der Waals surface area contributed by atoms with E-state index in [-0.39, 0.29) is 22.0 Å². The Morgan fingerprint density at radius 1 is 1.26 bits per heavy atom. The van der Waals surface area contributed by atoms with Gasteiger partial charge in [0, 0.05) is 17.7 Å². The monoisotopic (exact) mass is 392 g/mol. The molecule has 2 rings (SSSR count). The van der Waals surface area contributed by atoms with E-state index in [4.69, 9.17) is 10.5 Å². The third kappa shape index (κ3) is 4.85. The maximum Gasteiger partial charge on any atom is 0.244 e. The highest BCUT2D eigenvalue weighted by Gasteiger charge is 2.26. The number of sulfonamides is 1. The Labute approximate surface area is 159 Å². The fraction of sp³-hybridized carbons (Fsp3) is 0.316. The second-order valence-corrected chi connectivity index (χ2v) is 8.00. The van der Waals surface area contributed by atoms with E-state index in [1.165, 1.54) is 7.11 Å². The van der Waals surface area contributed by atoms with E-state index < -0.39 is 21.8 Å². The third-order valence-electron chi connectivity index (χ3n) is 4.09. The van der Waals surface area contributed by atoms with E-state index in [0.717, 1.165) is 17.7 Å². The lowest BCUT2D eigenvalue weighted by atomic mass is 10.0. The van der Waals surface area contributed by atoms with Crippen molar-refractivity contribution < 1.29 is 23.1 Å². The number of nitrogens with two attached hydrogens (primary N) is 1. The summed E-state index contributed by atoms with van der Waals surface area (Å²) in [6, 6.07) is 8.64. The highest BCUT2D eigenvalue weighted by Crippen LogP contribution is 2.33. The minimum absolute atomic E-state index is 0.0552. The van der Waals surface area contributed by atoms with Crippen molar-refractivity contribution in [2.45, 2.75) is 31.2 Å². The molecule has 0 amide bonds. The molecule has 0 aliphatic rings. The number of aromatic hydroxyl groups is 1. The van der Waals surface area contributed by atoms with E-state index in [0.29, 0.717) is 18.5 Å². The molecular formula is C19H24N2O5S. The first kappa shape index (κ1) is 20.9. The van der Waals surface area contributed by atoms with Crippen LogP contribution in [0.25, 0.3) is 0 Å². The minimum Gasteiger partial charge on any atom is -0.507 e. The molecule has 2 aromatic carbocycles. The summed E-state index contributed by atoms with van der Waals surface area (Å²) >= 11 is 0. The molecule has 1 unspecified atom stereocenters. The second-order valence-electron chi connectivity index (χ2n) is 6.32. The molecule has 0 aliphatic carbocycles. The van der Waals surface area contributed by atoms with Crippen molar-refractivity contribution in [1.29, 1.82) is 0 Å². The first-order valence-corrected chi connectivity index (χ1v) is 9.92. The molecule has 0 aromatic heterocycles. The maximum absolute atomic E-state index is 12.7. The van der Waals surface area contributed by atoms with Gasteiger partial charge in [-0.3, -0.25) is 4.79 Å². The number of carbonyl (C=O) groups is 1. The number of aryl methyl sites for hydroxylation is 1. The van der Waals surface area contributed by atoms with Crippen LogP contribution in [0.5, 0.6) is 11.5 Å². The van der Waals surface area contributed by atoms with Gasteiger partial charge in [0.2, 0.25) is 10.0 Å². The minimum atomic E-state index is -3.98. The molecule has 0 saturated heterocycles. The summed E-state index contributed by atoms with van der Waals surface area (Å²) in [6.45, 7) is 3.90. The smallest absolute Gasteiger partial charge is 0.244 e. The second kappa shape index (κ2) is 8.51. The number of benzene rings is 2. The number of ketones is 1. The number of carbonyl (C=O) groups excluding carboxylic acids is 1. The Kier molecular flexibility index (Phi) is 6.59. The van der Waals surface area contributed by atoms with Gasteiger partial charge in [0.25, 0.3) is 0 Å². The predicted molar refractivity (Wildman–Crippen MR) is 103 cm³/mol. The fourth-order valence-corrected chi connectivity index (χ4v) is 4.05. The van der Waals surface area contributed by atoms with Crippen LogP contribution in [-0.4, -0.2) is 39.0 Å². The number of hydrogen-bond acceptors (Lipinski definition) is 6. The van der Waals surface area contributed by atoms with Gasteiger partial charge in [-0.05, 0) is 32.9 Å². The molecule has 4 N–H and O–H groups in total. The van der Waals surface area contributed by atoms with Crippen LogP contribution in [0, 0.1) is 6.92 Å². The van der Waals surface area contributed by atoms with E-state index in [1.807, 2.05) is 6.92 Å². The molecule has 7 nitrogen and oxygen atoms in total. The normalized spacial score (nSPS) is 12.6. The lowest BCUT2D eigenvalue weighted by Gasteiger charge is -2.16. The van der Waals surface area contributed by atoms with Gasteiger partial charge in [0.05, 0.1) is 12.7 Å². The van der Waals surface area contributed by atoms with Crippen molar-refractivity contribution in [2.75, 3.05) is 13.7 Å². The summed E-state index contributed by atoms with van der Waals surface area (Å²) < 4.78 is 33.1. The van der Waals surface area contributed by atoms with Gasteiger partial charge in [-0.15, -0.1) is 0 Å². The molecule has 0 heterocycles. The third-order valence-corrected chi connectivity index (χ3v) is 5.70. The van der Waals surface area contributed by atoms with Crippen LogP contribution in [-0.2, 0) is 10.0 Å². The van der Waals surface area contributed by atoms with E-state index in [2.05, 4.69) is 4.72 Å². The Morgan fingerprint density at radius 3 is 2.44 bits per heavy atom. The van der Waals surface area contributed by atoms with Gasteiger partial charge in [-0.2, -0.15) is 0 Å².